The SMILES string of the molecule is Cc1nn(C)c(N(C)C2CCCN(C)C2)c1CC(C)N. The molecule has 1 aromatic rings. The summed E-state index contributed by atoms with van der Waals surface area (Å²) in [4.78, 5) is 4.83. The van der Waals surface area contributed by atoms with E-state index in [1.54, 1.807) is 0 Å². The largest absolute Gasteiger partial charge is 0.355 e. The third-order valence-corrected chi connectivity index (χ3v) is 4.32. The maximum Gasteiger partial charge on any atom is 0.130 e. The first-order valence-electron chi connectivity index (χ1n) is 7.59. The number of likely N-dealkylation sites (tertiary alicyclic amines) is 1. The highest BCUT2D eigenvalue weighted by Gasteiger charge is 2.26. The zero-order valence-electron chi connectivity index (χ0n) is 13.6. The maximum absolute atomic E-state index is 6.01. The van der Waals surface area contributed by atoms with Crippen LogP contribution in [0.25, 0.3) is 0 Å². The molecule has 2 rings (SSSR count). The molecular formula is C15H29N5. The summed E-state index contributed by atoms with van der Waals surface area (Å²) >= 11 is 0. The van der Waals surface area contributed by atoms with Crippen molar-refractivity contribution in [3.63, 3.8) is 0 Å². The van der Waals surface area contributed by atoms with Gasteiger partial charge < -0.3 is 15.5 Å². The number of rotatable bonds is 4. The van der Waals surface area contributed by atoms with Crippen molar-refractivity contribution >= 4 is 5.82 Å². The predicted molar refractivity (Wildman–Crippen MR) is 84.2 cm³/mol. The highest BCUT2D eigenvalue weighted by molar-refractivity contribution is 5.51. The summed E-state index contributed by atoms with van der Waals surface area (Å²) in [5.74, 6) is 1.24. The van der Waals surface area contributed by atoms with Crippen LogP contribution in [0.2, 0.25) is 0 Å². The average molecular weight is 279 g/mol. The lowest BCUT2D eigenvalue weighted by atomic mass is 10.0. The summed E-state index contributed by atoms with van der Waals surface area (Å²) in [6.07, 6.45) is 3.41. The molecule has 0 aromatic carbocycles. The van der Waals surface area contributed by atoms with Crippen molar-refractivity contribution in [1.82, 2.24) is 14.7 Å². The van der Waals surface area contributed by atoms with Crippen molar-refractivity contribution in [2.75, 3.05) is 32.1 Å². The minimum atomic E-state index is 0.166. The molecular weight excluding hydrogens is 250 g/mol. The monoisotopic (exact) mass is 279 g/mol. The van der Waals surface area contributed by atoms with Gasteiger partial charge in [-0.1, -0.05) is 0 Å². The van der Waals surface area contributed by atoms with Crippen LogP contribution >= 0.6 is 0 Å². The lowest BCUT2D eigenvalue weighted by molar-refractivity contribution is 0.247. The number of aromatic nitrogens is 2. The number of nitrogens with two attached hydrogens (primary N) is 1. The summed E-state index contributed by atoms with van der Waals surface area (Å²) in [6, 6.07) is 0.731. The number of hydrogen-bond donors (Lipinski definition) is 1. The van der Waals surface area contributed by atoms with Gasteiger partial charge in [0.2, 0.25) is 0 Å². The third-order valence-electron chi connectivity index (χ3n) is 4.32. The van der Waals surface area contributed by atoms with Crippen molar-refractivity contribution in [1.29, 1.82) is 0 Å². The standard InChI is InChI=1S/C15H29N5/c1-11(16)9-14-12(2)17-20(5)15(14)19(4)13-7-6-8-18(3)10-13/h11,13H,6-10,16H2,1-5H3. The normalized spacial score (nSPS) is 22.0. The van der Waals surface area contributed by atoms with Crippen LogP contribution in [-0.4, -0.2) is 53.9 Å². The van der Waals surface area contributed by atoms with E-state index < -0.39 is 0 Å². The van der Waals surface area contributed by atoms with Crippen molar-refractivity contribution in [2.45, 2.75) is 45.2 Å². The summed E-state index contributed by atoms with van der Waals surface area (Å²) < 4.78 is 2.02. The molecule has 0 saturated carbocycles. The first-order chi connectivity index (χ1) is 9.40. The van der Waals surface area contributed by atoms with Gasteiger partial charge in [0.15, 0.2) is 0 Å². The van der Waals surface area contributed by atoms with E-state index in [0.29, 0.717) is 6.04 Å². The van der Waals surface area contributed by atoms with Crippen LogP contribution < -0.4 is 10.6 Å². The van der Waals surface area contributed by atoms with Crippen LogP contribution in [-0.2, 0) is 13.5 Å². The second-order valence-electron chi connectivity index (χ2n) is 6.36. The van der Waals surface area contributed by atoms with E-state index in [0.717, 1.165) is 18.7 Å². The molecule has 1 aliphatic rings. The van der Waals surface area contributed by atoms with E-state index in [4.69, 9.17) is 5.73 Å². The van der Waals surface area contributed by atoms with Crippen LogP contribution in [0.4, 0.5) is 5.82 Å². The van der Waals surface area contributed by atoms with Gasteiger partial charge in [-0.3, -0.25) is 4.68 Å². The van der Waals surface area contributed by atoms with Crippen LogP contribution in [0.3, 0.4) is 0 Å². The zero-order valence-corrected chi connectivity index (χ0v) is 13.6. The first-order valence-corrected chi connectivity index (χ1v) is 7.59. The lowest BCUT2D eigenvalue weighted by Gasteiger charge is -2.37. The summed E-state index contributed by atoms with van der Waals surface area (Å²) in [5, 5.41) is 4.60. The molecule has 1 aromatic heterocycles. The number of likely N-dealkylation sites (N-methyl/N-ethyl adjacent to an activating group) is 2. The van der Waals surface area contributed by atoms with E-state index in [-0.39, 0.29) is 6.04 Å². The Morgan fingerprint density at radius 1 is 1.45 bits per heavy atom. The molecule has 5 nitrogen and oxygen atoms in total. The minimum Gasteiger partial charge on any atom is -0.355 e. The second kappa shape index (κ2) is 6.14. The van der Waals surface area contributed by atoms with E-state index in [9.17, 15) is 0 Å². The Hall–Kier alpha value is -1.07. The van der Waals surface area contributed by atoms with Gasteiger partial charge in [-0.15, -0.1) is 0 Å². The number of piperidine rings is 1. The minimum absolute atomic E-state index is 0.166. The van der Waals surface area contributed by atoms with Gasteiger partial charge in [-0.2, -0.15) is 5.10 Å². The third kappa shape index (κ3) is 3.15. The predicted octanol–water partition coefficient (Wildman–Crippen LogP) is 1.15. The van der Waals surface area contributed by atoms with Gasteiger partial charge in [-0.05, 0) is 46.7 Å². The Bertz CT molecular complexity index is 451. The van der Waals surface area contributed by atoms with E-state index >= 15 is 0 Å². The fourth-order valence-electron chi connectivity index (χ4n) is 3.32. The number of hydrogen-bond acceptors (Lipinski definition) is 4. The molecule has 0 amide bonds. The molecule has 1 aliphatic heterocycles. The van der Waals surface area contributed by atoms with Gasteiger partial charge in [0.1, 0.15) is 5.82 Å². The Morgan fingerprint density at radius 2 is 2.15 bits per heavy atom. The Kier molecular flexibility index (Phi) is 4.70. The average Bonchev–Trinajstić information content (AvgIpc) is 2.63. The maximum atomic E-state index is 6.01. The highest BCUT2D eigenvalue weighted by Crippen LogP contribution is 2.27. The molecule has 1 fully saturated rings. The van der Waals surface area contributed by atoms with Gasteiger partial charge in [0.25, 0.3) is 0 Å². The Labute approximate surface area is 122 Å². The smallest absolute Gasteiger partial charge is 0.130 e. The Balaban J connectivity index is 2.26. The molecule has 2 unspecified atom stereocenters. The Morgan fingerprint density at radius 3 is 2.75 bits per heavy atom. The molecule has 5 heteroatoms. The molecule has 1 saturated heterocycles. The van der Waals surface area contributed by atoms with Gasteiger partial charge in [-0.25, -0.2) is 0 Å². The molecule has 114 valence electrons. The molecule has 0 aliphatic carbocycles. The van der Waals surface area contributed by atoms with E-state index in [1.807, 2.05) is 11.7 Å². The molecule has 20 heavy (non-hydrogen) atoms. The molecule has 0 radical (unpaired) electrons. The van der Waals surface area contributed by atoms with Gasteiger partial charge >= 0.3 is 0 Å². The summed E-state index contributed by atoms with van der Waals surface area (Å²) in [6.45, 7) is 6.48. The summed E-state index contributed by atoms with van der Waals surface area (Å²) in [5.41, 5.74) is 8.42. The summed E-state index contributed by atoms with van der Waals surface area (Å²) in [7, 11) is 6.44. The van der Waals surface area contributed by atoms with Crippen molar-refractivity contribution < 1.29 is 0 Å². The number of aryl methyl sites for hydroxylation is 2. The van der Waals surface area contributed by atoms with Crippen LogP contribution in [0.15, 0.2) is 0 Å². The highest BCUT2D eigenvalue weighted by atomic mass is 15.4. The van der Waals surface area contributed by atoms with Crippen molar-refractivity contribution in [3.05, 3.63) is 11.3 Å². The number of nitrogens with zero attached hydrogens (tertiary/aromatic N) is 4. The molecule has 0 spiro atoms. The molecule has 2 atom stereocenters. The first kappa shape index (κ1) is 15.3. The van der Waals surface area contributed by atoms with E-state index in [1.165, 1.54) is 30.8 Å². The second-order valence-corrected chi connectivity index (χ2v) is 6.36. The fraction of sp³-hybridized carbons (Fsp3) is 0.800. The van der Waals surface area contributed by atoms with Crippen LogP contribution in [0, 0.1) is 6.92 Å². The quantitative estimate of drug-likeness (QED) is 0.898. The molecule has 2 heterocycles. The van der Waals surface area contributed by atoms with Gasteiger partial charge in [0.05, 0.1) is 5.69 Å². The van der Waals surface area contributed by atoms with E-state index in [2.05, 4.69) is 42.8 Å². The lowest BCUT2D eigenvalue weighted by Crippen LogP contribution is -2.46. The molecule has 2 N–H and O–H groups in total. The topological polar surface area (TPSA) is 50.3 Å². The van der Waals surface area contributed by atoms with Crippen molar-refractivity contribution in [3.8, 4) is 0 Å². The fourth-order valence-corrected chi connectivity index (χ4v) is 3.32. The van der Waals surface area contributed by atoms with Gasteiger partial charge in [0, 0.05) is 38.3 Å². The van der Waals surface area contributed by atoms with Crippen LogP contribution in [0.1, 0.15) is 31.0 Å². The zero-order chi connectivity index (χ0) is 14.9. The van der Waals surface area contributed by atoms with Crippen LogP contribution in [0.5, 0.6) is 0 Å². The van der Waals surface area contributed by atoms with Crippen molar-refractivity contribution in [2.24, 2.45) is 12.8 Å². The molecule has 0 bridgehead atoms. The number of anilines is 1.